The third-order valence-electron chi connectivity index (χ3n) is 2.40. The summed E-state index contributed by atoms with van der Waals surface area (Å²) in [4.78, 5) is 13.3. The lowest BCUT2D eigenvalue weighted by Crippen LogP contribution is -2.36. The molecule has 5 heteroatoms. The van der Waals surface area contributed by atoms with Crippen molar-refractivity contribution >= 4 is 11.6 Å². The minimum absolute atomic E-state index is 0.108. The predicted octanol–water partition coefficient (Wildman–Crippen LogP) is -0.375. The lowest BCUT2D eigenvalue weighted by Gasteiger charge is -2.20. The minimum atomic E-state index is -0.126. The van der Waals surface area contributed by atoms with Gasteiger partial charge in [0.15, 0.2) is 0 Å². The van der Waals surface area contributed by atoms with Crippen LogP contribution in [0, 0.1) is 0 Å². The number of aliphatic hydroxyl groups is 2. The van der Waals surface area contributed by atoms with Crippen molar-refractivity contribution < 1.29 is 15.0 Å². The molecule has 0 aliphatic heterocycles. The van der Waals surface area contributed by atoms with Crippen LogP contribution in [0.4, 0.5) is 5.69 Å². The number of aliphatic hydroxyl groups excluding tert-OH is 2. The number of benzene rings is 1. The van der Waals surface area contributed by atoms with Gasteiger partial charge in [-0.1, -0.05) is 12.1 Å². The fourth-order valence-corrected chi connectivity index (χ4v) is 1.59. The second-order valence-corrected chi connectivity index (χ2v) is 3.75. The zero-order chi connectivity index (χ0) is 12.7. The van der Waals surface area contributed by atoms with Crippen molar-refractivity contribution in [2.24, 2.45) is 0 Å². The van der Waals surface area contributed by atoms with Crippen molar-refractivity contribution in [2.45, 2.75) is 6.42 Å². The lowest BCUT2D eigenvalue weighted by molar-refractivity contribution is -0.131. The number of anilines is 1. The van der Waals surface area contributed by atoms with Crippen LogP contribution in [0.2, 0.25) is 0 Å². The van der Waals surface area contributed by atoms with Crippen molar-refractivity contribution in [2.75, 3.05) is 32.0 Å². The quantitative estimate of drug-likeness (QED) is 0.590. The van der Waals surface area contributed by atoms with Gasteiger partial charge >= 0.3 is 0 Å². The monoisotopic (exact) mass is 238 g/mol. The molecule has 0 atom stereocenters. The average molecular weight is 238 g/mol. The molecule has 0 aliphatic carbocycles. The zero-order valence-electron chi connectivity index (χ0n) is 9.67. The van der Waals surface area contributed by atoms with E-state index in [2.05, 4.69) is 0 Å². The van der Waals surface area contributed by atoms with Gasteiger partial charge in [-0.15, -0.1) is 0 Å². The van der Waals surface area contributed by atoms with Crippen LogP contribution in [0.25, 0.3) is 0 Å². The summed E-state index contributed by atoms with van der Waals surface area (Å²) in [6.45, 7) is 0.259. The zero-order valence-corrected chi connectivity index (χ0v) is 9.67. The Morgan fingerprint density at radius 3 is 2.41 bits per heavy atom. The number of hydrogen-bond acceptors (Lipinski definition) is 4. The molecule has 1 amide bonds. The van der Waals surface area contributed by atoms with E-state index in [1.807, 2.05) is 6.07 Å². The SMILES string of the molecule is Nc1cccc(CC(=O)N(CCO)CCO)c1. The van der Waals surface area contributed by atoms with E-state index in [0.717, 1.165) is 5.56 Å². The Kier molecular flexibility index (Phi) is 5.45. The Balaban J connectivity index is 2.62. The van der Waals surface area contributed by atoms with E-state index in [4.69, 9.17) is 15.9 Å². The third-order valence-corrected chi connectivity index (χ3v) is 2.40. The van der Waals surface area contributed by atoms with E-state index in [1.54, 1.807) is 18.2 Å². The molecular formula is C12H18N2O3. The summed E-state index contributed by atoms with van der Waals surface area (Å²) in [7, 11) is 0. The van der Waals surface area contributed by atoms with Gasteiger partial charge in [-0.2, -0.15) is 0 Å². The normalized spacial score (nSPS) is 10.2. The fraction of sp³-hybridized carbons (Fsp3) is 0.417. The topological polar surface area (TPSA) is 86.8 Å². The highest BCUT2D eigenvalue weighted by molar-refractivity contribution is 5.79. The lowest BCUT2D eigenvalue weighted by atomic mass is 10.1. The van der Waals surface area contributed by atoms with Crippen LogP contribution in [-0.2, 0) is 11.2 Å². The highest BCUT2D eigenvalue weighted by atomic mass is 16.3. The van der Waals surface area contributed by atoms with Gasteiger partial charge in [0.05, 0.1) is 19.6 Å². The maximum atomic E-state index is 11.9. The molecular weight excluding hydrogens is 220 g/mol. The first-order valence-electron chi connectivity index (χ1n) is 5.51. The summed E-state index contributed by atoms with van der Waals surface area (Å²) in [5.74, 6) is -0.126. The number of nitrogens with two attached hydrogens (primary N) is 1. The Morgan fingerprint density at radius 1 is 1.24 bits per heavy atom. The smallest absolute Gasteiger partial charge is 0.227 e. The fourth-order valence-electron chi connectivity index (χ4n) is 1.59. The van der Waals surface area contributed by atoms with Crippen molar-refractivity contribution in [3.63, 3.8) is 0 Å². The highest BCUT2D eigenvalue weighted by Crippen LogP contribution is 2.08. The van der Waals surface area contributed by atoms with Crippen LogP contribution in [0.3, 0.4) is 0 Å². The van der Waals surface area contributed by atoms with Gasteiger partial charge in [0, 0.05) is 18.8 Å². The molecule has 5 nitrogen and oxygen atoms in total. The molecule has 0 unspecified atom stereocenters. The van der Waals surface area contributed by atoms with Crippen LogP contribution < -0.4 is 5.73 Å². The van der Waals surface area contributed by atoms with Crippen LogP contribution in [0.15, 0.2) is 24.3 Å². The summed E-state index contributed by atoms with van der Waals surface area (Å²) < 4.78 is 0. The molecule has 1 aromatic carbocycles. The van der Waals surface area contributed by atoms with Gasteiger partial charge in [-0.05, 0) is 17.7 Å². The van der Waals surface area contributed by atoms with Crippen molar-refractivity contribution in [3.8, 4) is 0 Å². The molecule has 0 aromatic heterocycles. The first-order valence-corrected chi connectivity index (χ1v) is 5.51. The van der Waals surface area contributed by atoms with Crippen LogP contribution >= 0.6 is 0 Å². The molecule has 1 aromatic rings. The van der Waals surface area contributed by atoms with Gasteiger partial charge in [-0.3, -0.25) is 4.79 Å². The van der Waals surface area contributed by atoms with Crippen molar-refractivity contribution in [1.29, 1.82) is 0 Å². The molecule has 0 saturated carbocycles. The molecule has 0 spiro atoms. The second kappa shape index (κ2) is 6.88. The van der Waals surface area contributed by atoms with Crippen LogP contribution in [-0.4, -0.2) is 47.3 Å². The summed E-state index contributed by atoms with van der Waals surface area (Å²) in [6, 6.07) is 7.12. The predicted molar refractivity (Wildman–Crippen MR) is 65.3 cm³/mol. The average Bonchev–Trinajstić information content (AvgIpc) is 2.28. The van der Waals surface area contributed by atoms with Crippen LogP contribution in [0.1, 0.15) is 5.56 Å². The van der Waals surface area contributed by atoms with Gasteiger partial charge in [0.2, 0.25) is 5.91 Å². The first kappa shape index (κ1) is 13.5. The van der Waals surface area contributed by atoms with E-state index in [9.17, 15) is 4.79 Å². The van der Waals surface area contributed by atoms with Gasteiger partial charge in [0.1, 0.15) is 0 Å². The maximum Gasteiger partial charge on any atom is 0.227 e. The van der Waals surface area contributed by atoms with E-state index in [-0.39, 0.29) is 38.6 Å². The summed E-state index contributed by atoms with van der Waals surface area (Å²) in [5, 5.41) is 17.7. The highest BCUT2D eigenvalue weighted by Gasteiger charge is 2.12. The van der Waals surface area contributed by atoms with Crippen molar-refractivity contribution in [1.82, 2.24) is 4.90 Å². The molecule has 17 heavy (non-hydrogen) atoms. The molecule has 94 valence electrons. The number of rotatable bonds is 6. The Labute approximate surface area is 100 Å². The van der Waals surface area contributed by atoms with Gasteiger partial charge in [-0.25, -0.2) is 0 Å². The number of amides is 1. The molecule has 0 radical (unpaired) electrons. The number of nitrogens with zero attached hydrogens (tertiary/aromatic N) is 1. The van der Waals surface area contributed by atoms with Gasteiger partial charge < -0.3 is 20.8 Å². The van der Waals surface area contributed by atoms with Crippen LogP contribution in [0.5, 0.6) is 0 Å². The summed E-state index contributed by atoms with van der Waals surface area (Å²) in [6.07, 6.45) is 0.227. The summed E-state index contributed by atoms with van der Waals surface area (Å²) in [5.41, 5.74) is 7.07. The number of carbonyl (C=O) groups excluding carboxylic acids is 1. The Hall–Kier alpha value is -1.59. The number of nitrogen functional groups attached to an aromatic ring is 1. The molecule has 0 fully saturated rings. The molecule has 1 rings (SSSR count). The maximum absolute atomic E-state index is 11.9. The molecule has 0 heterocycles. The third kappa shape index (κ3) is 4.42. The first-order chi connectivity index (χ1) is 8.17. The Morgan fingerprint density at radius 2 is 1.88 bits per heavy atom. The summed E-state index contributed by atoms with van der Waals surface area (Å²) >= 11 is 0. The minimum Gasteiger partial charge on any atom is -0.399 e. The standard InChI is InChI=1S/C12H18N2O3/c13-11-3-1-2-10(8-11)9-12(17)14(4-6-15)5-7-16/h1-3,8,15-16H,4-7,9,13H2. The second-order valence-electron chi connectivity index (χ2n) is 3.75. The number of carbonyl (C=O) groups is 1. The van der Waals surface area contributed by atoms with E-state index in [1.165, 1.54) is 4.90 Å². The van der Waals surface area contributed by atoms with E-state index in [0.29, 0.717) is 5.69 Å². The largest absolute Gasteiger partial charge is 0.399 e. The molecule has 0 aliphatic rings. The molecule has 0 saturated heterocycles. The Bertz CT molecular complexity index is 363. The molecule has 0 bridgehead atoms. The molecule has 4 N–H and O–H groups in total. The van der Waals surface area contributed by atoms with Crippen molar-refractivity contribution in [3.05, 3.63) is 29.8 Å². The van der Waals surface area contributed by atoms with Gasteiger partial charge in [0.25, 0.3) is 0 Å². The van der Waals surface area contributed by atoms with E-state index < -0.39 is 0 Å². The van der Waals surface area contributed by atoms with E-state index >= 15 is 0 Å². The number of hydrogen-bond donors (Lipinski definition) is 3.